The van der Waals surface area contributed by atoms with Gasteiger partial charge in [-0.15, -0.1) is 0 Å². The van der Waals surface area contributed by atoms with E-state index in [9.17, 15) is 9.59 Å². The zero-order valence-corrected chi connectivity index (χ0v) is 27.1. The first-order chi connectivity index (χ1) is 20.9. The molecule has 3 N–H and O–H groups in total. The molecule has 1 aromatic carbocycles. The second-order valence-corrected chi connectivity index (χ2v) is 13.2. The third-order valence-electron chi connectivity index (χ3n) is 7.80. The van der Waals surface area contributed by atoms with E-state index in [1.54, 1.807) is 4.52 Å². The zero-order valence-electron chi connectivity index (χ0n) is 27.1. The Bertz CT molecular complexity index is 1410. The van der Waals surface area contributed by atoms with Crippen LogP contribution in [0.25, 0.3) is 5.65 Å². The predicted molar refractivity (Wildman–Crippen MR) is 171 cm³/mol. The lowest BCUT2D eigenvalue weighted by Crippen LogP contribution is -2.36. The summed E-state index contributed by atoms with van der Waals surface area (Å²) in [7, 11) is 2.12. The van der Waals surface area contributed by atoms with E-state index in [2.05, 4.69) is 36.2 Å². The number of carbonyl (C=O) groups excluding carboxylic acids is 2. The van der Waals surface area contributed by atoms with Crippen LogP contribution in [-0.2, 0) is 27.3 Å². The number of benzene rings is 1. The monoisotopic (exact) mass is 607 g/mol. The molecule has 44 heavy (non-hydrogen) atoms. The van der Waals surface area contributed by atoms with E-state index in [1.807, 2.05) is 51.2 Å². The maximum absolute atomic E-state index is 13.3. The molecule has 0 aliphatic carbocycles. The summed E-state index contributed by atoms with van der Waals surface area (Å²) in [6, 6.07) is 8.25. The molecule has 11 heteroatoms. The van der Waals surface area contributed by atoms with Crippen molar-refractivity contribution in [3.05, 3.63) is 47.2 Å². The molecule has 1 fully saturated rings. The second-order valence-electron chi connectivity index (χ2n) is 13.2. The van der Waals surface area contributed by atoms with Crippen LogP contribution >= 0.6 is 0 Å². The quantitative estimate of drug-likeness (QED) is 0.252. The van der Waals surface area contributed by atoms with E-state index in [4.69, 9.17) is 25.2 Å². The molecule has 11 nitrogen and oxygen atoms in total. The van der Waals surface area contributed by atoms with E-state index >= 15 is 0 Å². The molecule has 3 aromatic rings. The van der Waals surface area contributed by atoms with Gasteiger partial charge >= 0.3 is 12.0 Å². The summed E-state index contributed by atoms with van der Waals surface area (Å²) in [6.45, 7) is 12.6. The largest absolute Gasteiger partial charge is 0.460 e. The number of hydrogen-bond acceptors (Lipinski definition) is 10. The molecule has 1 atom stereocenters. The average molecular weight is 608 g/mol. The van der Waals surface area contributed by atoms with Crippen LogP contribution in [0.15, 0.2) is 30.5 Å². The molecule has 0 bridgehead atoms. The van der Waals surface area contributed by atoms with Crippen LogP contribution in [-0.4, -0.2) is 74.6 Å². The van der Waals surface area contributed by atoms with Gasteiger partial charge in [-0.25, -0.2) is 0 Å². The fourth-order valence-electron chi connectivity index (χ4n) is 5.40. The Morgan fingerprint density at radius 2 is 1.86 bits per heavy atom. The lowest BCUT2D eigenvalue weighted by atomic mass is 9.90. The maximum Gasteiger partial charge on any atom is 0.322 e. The molecule has 0 amide bonds. The number of carbonyl (C=O) groups is 2. The summed E-state index contributed by atoms with van der Waals surface area (Å²) < 4.78 is 13.5. The summed E-state index contributed by atoms with van der Waals surface area (Å²) in [5, 5.41) is 7.99. The van der Waals surface area contributed by atoms with Gasteiger partial charge in [-0.3, -0.25) is 9.59 Å². The number of anilines is 1. The number of esters is 1. The molecule has 3 heterocycles. The number of likely N-dealkylation sites (tertiary alicyclic amines) is 1. The van der Waals surface area contributed by atoms with Gasteiger partial charge in [0.1, 0.15) is 17.5 Å². The van der Waals surface area contributed by atoms with Gasteiger partial charge in [0.15, 0.2) is 5.65 Å². The Balaban J connectivity index is 1.47. The molecule has 0 radical (unpaired) electrons. The smallest absolute Gasteiger partial charge is 0.322 e. The van der Waals surface area contributed by atoms with Gasteiger partial charge in [0.25, 0.3) is 0 Å². The van der Waals surface area contributed by atoms with Gasteiger partial charge in [0.05, 0.1) is 12.6 Å². The van der Waals surface area contributed by atoms with Gasteiger partial charge in [0, 0.05) is 37.5 Å². The van der Waals surface area contributed by atoms with Gasteiger partial charge in [-0.2, -0.15) is 19.6 Å². The minimum Gasteiger partial charge on any atom is -0.460 e. The van der Waals surface area contributed by atoms with Crippen molar-refractivity contribution >= 4 is 23.3 Å². The number of nitrogens with zero attached hydrogens (tertiary/aromatic N) is 5. The Morgan fingerprint density at radius 1 is 1.14 bits per heavy atom. The van der Waals surface area contributed by atoms with Crippen LogP contribution in [0.2, 0.25) is 0 Å². The molecule has 2 aromatic heterocycles. The van der Waals surface area contributed by atoms with Crippen molar-refractivity contribution in [3.8, 4) is 6.01 Å². The third-order valence-corrected chi connectivity index (χ3v) is 7.80. The molecule has 4 rings (SSSR count). The van der Waals surface area contributed by atoms with Crippen molar-refractivity contribution in [1.82, 2.24) is 24.5 Å². The molecular weight excluding hydrogens is 558 g/mol. The Labute approximate surface area is 260 Å². The minimum absolute atomic E-state index is 0.0142. The molecule has 0 spiro atoms. The van der Waals surface area contributed by atoms with Crippen LogP contribution in [0.4, 0.5) is 5.95 Å². The number of hydrogen-bond donors (Lipinski definition) is 2. The highest BCUT2D eigenvalue weighted by molar-refractivity contribution is 5.87. The van der Waals surface area contributed by atoms with Crippen molar-refractivity contribution in [2.75, 3.05) is 32.0 Å². The first kappa shape index (κ1) is 33.3. The van der Waals surface area contributed by atoms with Gasteiger partial charge in [-0.05, 0) is 77.1 Å². The first-order valence-electron chi connectivity index (χ1n) is 15.8. The molecule has 1 aliphatic rings. The van der Waals surface area contributed by atoms with Gasteiger partial charge in [0.2, 0.25) is 5.95 Å². The number of nitrogens with two attached hydrogens (primary N) is 1. The highest BCUT2D eigenvalue weighted by Gasteiger charge is 2.26. The lowest BCUT2D eigenvalue weighted by molar-refractivity contribution is -0.157. The van der Waals surface area contributed by atoms with Crippen LogP contribution in [0.3, 0.4) is 0 Å². The summed E-state index contributed by atoms with van der Waals surface area (Å²) in [5.74, 6) is 0.0124. The molecule has 1 aliphatic heterocycles. The molecule has 240 valence electrons. The number of ether oxygens (including phenoxy) is 2. The normalized spacial score (nSPS) is 15.5. The van der Waals surface area contributed by atoms with E-state index in [0.29, 0.717) is 37.9 Å². The fraction of sp³-hybridized carbons (Fsp3) is 0.606. The van der Waals surface area contributed by atoms with Gasteiger partial charge in [-0.1, -0.05) is 38.1 Å². The van der Waals surface area contributed by atoms with Gasteiger partial charge < -0.3 is 25.4 Å². The highest BCUT2D eigenvalue weighted by atomic mass is 16.6. The van der Waals surface area contributed by atoms with E-state index in [-0.39, 0.29) is 36.6 Å². The van der Waals surface area contributed by atoms with Crippen molar-refractivity contribution < 1.29 is 19.1 Å². The summed E-state index contributed by atoms with van der Waals surface area (Å²) in [5.41, 5.74) is 8.75. The number of fused-ring (bicyclic) bond motifs is 1. The SMILES string of the molecule is CC(C)c1cnn2c(NCc3cccc(CC(=O)C(CCCN)CC(=O)OC(C)(C)C)c3)nc(OC3CCN(C)CC3)nc12. The number of piperidine rings is 1. The lowest BCUT2D eigenvalue weighted by Gasteiger charge is -2.28. The van der Waals surface area contributed by atoms with Crippen molar-refractivity contribution in [3.63, 3.8) is 0 Å². The number of Topliss-reactive ketones (excluding diaryl/α,β-unsaturated/α-hetero) is 1. The van der Waals surface area contributed by atoms with Crippen LogP contribution in [0.5, 0.6) is 6.01 Å². The molecular formula is C33H49N7O4. The number of ketones is 1. The average Bonchev–Trinajstić information content (AvgIpc) is 3.39. The standard InChI is InChI=1S/C33H49N7O4/c1-22(2)27-21-36-40-30(27)37-32(43-26-12-15-39(6)16-13-26)38-31(40)35-20-24-10-7-9-23(17-24)18-28(41)25(11-8-14-34)19-29(42)44-33(3,4)5/h7,9-10,17,21-22,25-26H,8,11-16,18-20,34H2,1-6H3,(H,35,37,38). The summed E-state index contributed by atoms with van der Waals surface area (Å²) in [4.78, 5) is 37.6. The summed E-state index contributed by atoms with van der Waals surface area (Å²) >= 11 is 0. The fourth-order valence-corrected chi connectivity index (χ4v) is 5.40. The van der Waals surface area contributed by atoms with Crippen LogP contribution in [0.1, 0.15) is 89.3 Å². The number of aromatic nitrogens is 4. The number of nitrogens with one attached hydrogen (secondary N) is 1. The van der Waals surface area contributed by atoms with Crippen LogP contribution in [0, 0.1) is 5.92 Å². The zero-order chi connectivity index (χ0) is 31.9. The Morgan fingerprint density at radius 3 is 2.55 bits per heavy atom. The number of rotatable bonds is 14. The van der Waals surface area contributed by atoms with Crippen molar-refractivity contribution in [2.45, 2.75) is 97.3 Å². The maximum atomic E-state index is 13.3. The second kappa shape index (κ2) is 14.9. The molecule has 1 unspecified atom stereocenters. The van der Waals surface area contributed by atoms with Crippen LogP contribution < -0.4 is 15.8 Å². The first-order valence-corrected chi connectivity index (χ1v) is 15.8. The third kappa shape index (κ3) is 9.46. The van der Waals surface area contributed by atoms with E-state index in [1.165, 1.54) is 0 Å². The Hall–Kier alpha value is -3.57. The van der Waals surface area contributed by atoms with E-state index < -0.39 is 11.5 Å². The molecule has 1 saturated heterocycles. The Kier molecular flexibility index (Phi) is 11.3. The minimum atomic E-state index is -0.596. The predicted octanol–water partition coefficient (Wildman–Crippen LogP) is 4.53. The summed E-state index contributed by atoms with van der Waals surface area (Å²) in [6.07, 6.45) is 5.30. The molecule has 0 saturated carbocycles. The van der Waals surface area contributed by atoms with Crippen molar-refractivity contribution in [1.29, 1.82) is 0 Å². The topological polar surface area (TPSA) is 137 Å². The highest BCUT2D eigenvalue weighted by Crippen LogP contribution is 2.25. The van der Waals surface area contributed by atoms with E-state index in [0.717, 1.165) is 48.3 Å². The van der Waals surface area contributed by atoms with Crippen molar-refractivity contribution in [2.24, 2.45) is 11.7 Å².